The van der Waals surface area contributed by atoms with Crippen LogP contribution < -0.4 is 14.8 Å². The minimum atomic E-state index is -4.92. The Labute approximate surface area is 221 Å². The highest BCUT2D eigenvalue weighted by molar-refractivity contribution is 5.47. The Hall–Kier alpha value is -4.05. The summed E-state index contributed by atoms with van der Waals surface area (Å²) in [5.74, 6) is -0.872. The van der Waals surface area contributed by atoms with Crippen LogP contribution >= 0.6 is 0 Å². The van der Waals surface area contributed by atoms with Gasteiger partial charge in [-0.3, -0.25) is 4.98 Å². The molecule has 0 amide bonds. The van der Waals surface area contributed by atoms with E-state index in [1.807, 2.05) is 42.5 Å². The van der Waals surface area contributed by atoms with Crippen molar-refractivity contribution in [1.82, 2.24) is 10.3 Å². The normalized spacial score (nSPS) is 12.3. The number of benzene rings is 3. The second-order valence-corrected chi connectivity index (χ2v) is 8.85. The van der Waals surface area contributed by atoms with Gasteiger partial charge in [0.1, 0.15) is 11.5 Å². The first-order valence-electron chi connectivity index (χ1n) is 11.9. The van der Waals surface area contributed by atoms with E-state index in [1.54, 1.807) is 24.5 Å². The lowest BCUT2D eigenvalue weighted by atomic mass is 9.70. The monoisotopic (exact) mass is 546 g/mol. The molecule has 3 aromatic carbocycles. The van der Waals surface area contributed by atoms with E-state index in [9.17, 15) is 26.3 Å². The van der Waals surface area contributed by atoms with Gasteiger partial charge in [0.05, 0.1) is 0 Å². The van der Waals surface area contributed by atoms with Crippen molar-refractivity contribution < 1.29 is 35.8 Å². The van der Waals surface area contributed by atoms with Crippen molar-refractivity contribution >= 4 is 0 Å². The van der Waals surface area contributed by atoms with Crippen LogP contribution in [0.4, 0.5) is 26.3 Å². The van der Waals surface area contributed by atoms with Crippen LogP contribution in [0.25, 0.3) is 0 Å². The molecule has 4 aromatic rings. The van der Waals surface area contributed by atoms with E-state index < -0.39 is 29.6 Å². The summed E-state index contributed by atoms with van der Waals surface area (Å²) in [6.07, 6.45) is -6.32. The Bertz CT molecular complexity index is 1290. The summed E-state index contributed by atoms with van der Waals surface area (Å²) in [5, 5.41) is 3.34. The van der Waals surface area contributed by atoms with Crippen molar-refractivity contribution in [2.45, 2.75) is 31.1 Å². The molecule has 0 aliphatic heterocycles. The average Bonchev–Trinajstić information content (AvgIpc) is 2.88. The molecule has 0 atom stereocenters. The molecule has 0 aliphatic carbocycles. The third-order valence-electron chi connectivity index (χ3n) is 6.09. The molecule has 39 heavy (non-hydrogen) atoms. The fourth-order valence-corrected chi connectivity index (χ4v) is 4.48. The number of nitrogens with one attached hydrogen (secondary N) is 1. The molecule has 0 fully saturated rings. The summed E-state index contributed by atoms with van der Waals surface area (Å²) < 4.78 is 86.8. The summed E-state index contributed by atoms with van der Waals surface area (Å²) in [4.78, 5) is 3.99. The standard InChI is InChI=1S/C29H24F6N2O2/c30-28(31,32)38-25-10-4-8-23(16-25)27(18-21-6-2-1-3-7-21,20-37-19-22-12-14-36-15-13-22)24-9-5-11-26(17-24)39-29(33,34)35/h1-17,37H,18-20H2. The van der Waals surface area contributed by atoms with Crippen LogP contribution in [0.2, 0.25) is 0 Å². The molecule has 0 saturated carbocycles. The van der Waals surface area contributed by atoms with Gasteiger partial charge in [-0.1, -0.05) is 54.6 Å². The number of ether oxygens (including phenoxy) is 2. The first kappa shape index (κ1) is 28.0. The molecule has 0 unspecified atom stereocenters. The number of alkyl halides is 6. The van der Waals surface area contributed by atoms with Crippen LogP contribution in [0.15, 0.2) is 103 Å². The van der Waals surface area contributed by atoms with Gasteiger partial charge in [-0.25, -0.2) is 0 Å². The predicted molar refractivity (Wildman–Crippen MR) is 133 cm³/mol. The first-order valence-corrected chi connectivity index (χ1v) is 11.9. The van der Waals surface area contributed by atoms with Crippen LogP contribution in [-0.4, -0.2) is 24.3 Å². The van der Waals surface area contributed by atoms with Crippen molar-refractivity contribution in [2.24, 2.45) is 0 Å². The van der Waals surface area contributed by atoms with Crippen LogP contribution in [0.3, 0.4) is 0 Å². The van der Waals surface area contributed by atoms with Gasteiger partial charge < -0.3 is 14.8 Å². The van der Waals surface area contributed by atoms with Crippen molar-refractivity contribution in [3.63, 3.8) is 0 Å². The Morgan fingerprint density at radius 3 is 1.67 bits per heavy atom. The van der Waals surface area contributed by atoms with E-state index in [1.165, 1.54) is 36.4 Å². The maximum Gasteiger partial charge on any atom is 0.573 e. The lowest BCUT2D eigenvalue weighted by molar-refractivity contribution is -0.275. The summed E-state index contributed by atoms with van der Waals surface area (Å²) in [5.41, 5.74) is 1.44. The maximum atomic E-state index is 13.1. The number of pyridine rings is 1. The number of aromatic nitrogens is 1. The van der Waals surface area contributed by atoms with E-state index in [-0.39, 0.29) is 13.0 Å². The van der Waals surface area contributed by atoms with E-state index >= 15 is 0 Å². The Kier molecular flexibility index (Phi) is 8.44. The topological polar surface area (TPSA) is 43.4 Å². The highest BCUT2D eigenvalue weighted by Gasteiger charge is 2.38. The van der Waals surface area contributed by atoms with Crippen molar-refractivity contribution in [1.29, 1.82) is 0 Å². The number of halogens is 6. The molecular weight excluding hydrogens is 522 g/mol. The van der Waals surface area contributed by atoms with Gasteiger partial charge in [-0.05, 0) is 65.1 Å². The van der Waals surface area contributed by atoms with Crippen LogP contribution in [0.5, 0.6) is 11.5 Å². The van der Waals surface area contributed by atoms with E-state index in [0.717, 1.165) is 11.1 Å². The van der Waals surface area contributed by atoms with Crippen molar-refractivity contribution in [3.05, 3.63) is 126 Å². The largest absolute Gasteiger partial charge is 0.573 e. The summed E-state index contributed by atoms with van der Waals surface area (Å²) in [7, 11) is 0. The molecule has 204 valence electrons. The number of hydrogen-bond acceptors (Lipinski definition) is 4. The van der Waals surface area contributed by atoms with Gasteiger partial charge in [0, 0.05) is 30.9 Å². The Morgan fingerprint density at radius 1 is 0.615 bits per heavy atom. The zero-order valence-corrected chi connectivity index (χ0v) is 20.5. The molecule has 10 heteroatoms. The second-order valence-electron chi connectivity index (χ2n) is 8.85. The highest BCUT2D eigenvalue weighted by Crippen LogP contribution is 2.40. The van der Waals surface area contributed by atoms with Gasteiger partial charge in [-0.15, -0.1) is 26.3 Å². The predicted octanol–water partition coefficient (Wildman–Crippen LogP) is 7.20. The van der Waals surface area contributed by atoms with Gasteiger partial charge in [0.2, 0.25) is 0 Å². The van der Waals surface area contributed by atoms with E-state index in [4.69, 9.17) is 0 Å². The third-order valence-corrected chi connectivity index (χ3v) is 6.09. The molecule has 0 saturated heterocycles. The van der Waals surface area contributed by atoms with Gasteiger partial charge >= 0.3 is 12.7 Å². The average molecular weight is 547 g/mol. The van der Waals surface area contributed by atoms with Crippen molar-refractivity contribution in [3.8, 4) is 11.5 Å². The van der Waals surface area contributed by atoms with Gasteiger partial charge in [0.15, 0.2) is 0 Å². The van der Waals surface area contributed by atoms with E-state index in [0.29, 0.717) is 17.7 Å². The molecule has 0 aliphatic rings. The summed E-state index contributed by atoms with van der Waals surface area (Å²) in [6.45, 7) is 0.547. The molecule has 1 heterocycles. The summed E-state index contributed by atoms with van der Waals surface area (Å²) in [6, 6.07) is 23.8. The zero-order valence-electron chi connectivity index (χ0n) is 20.5. The van der Waals surface area contributed by atoms with Crippen LogP contribution in [0.1, 0.15) is 22.3 Å². The highest BCUT2D eigenvalue weighted by atomic mass is 19.4. The fourth-order valence-electron chi connectivity index (χ4n) is 4.48. The van der Waals surface area contributed by atoms with Crippen LogP contribution in [0, 0.1) is 0 Å². The molecular formula is C29H24F6N2O2. The summed E-state index contributed by atoms with van der Waals surface area (Å²) >= 11 is 0. The zero-order chi connectivity index (χ0) is 27.9. The molecule has 0 spiro atoms. The van der Waals surface area contributed by atoms with Gasteiger partial charge in [0.25, 0.3) is 0 Å². The molecule has 0 radical (unpaired) electrons. The molecule has 4 rings (SSSR count). The second kappa shape index (κ2) is 11.8. The molecule has 1 aromatic heterocycles. The number of hydrogen-bond donors (Lipinski definition) is 1. The minimum absolute atomic E-state index is 0.162. The lowest BCUT2D eigenvalue weighted by Gasteiger charge is -2.36. The van der Waals surface area contributed by atoms with Crippen molar-refractivity contribution in [2.75, 3.05) is 6.54 Å². The smallest absolute Gasteiger partial charge is 0.406 e. The lowest BCUT2D eigenvalue weighted by Crippen LogP contribution is -2.41. The quantitative estimate of drug-likeness (QED) is 0.214. The maximum absolute atomic E-state index is 13.1. The number of nitrogens with zero attached hydrogens (tertiary/aromatic N) is 1. The molecule has 1 N–H and O–H groups in total. The Balaban J connectivity index is 1.84. The van der Waals surface area contributed by atoms with Gasteiger partial charge in [-0.2, -0.15) is 0 Å². The first-order chi connectivity index (χ1) is 18.5. The van der Waals surface area contributed by atoms with Crippen LogP contribution in [-0.2, 0) is 18.4 Å². The SMILES string of the molecule is FC(F)(F)Oc1cccc(C(CNCc2ccncc2)(Cc2ccccc2)c2cccc(OC(F)(F)F)c2)c1. The molecule has 4 nitrogen and oxygen atoms in total. The van der Waals surface area contributed by atoms with E-state index in [2.05, 4.69) is 19.8 Å². The fraction of sp³-hybridized carbons (Fsp3) is 0.207. The number of rotatable bonds is 10. The third kappa shape index (κ3) is 7.97. The molecule has 0 bridgehead atoms. The minimum Gasteiger partial charge on any atom is -0.406 e. The Morgan fingerprint density at radius 2 is 1.15 bits per heavy atom.